The second-order valence-electron chi connectivity index (χ2n) is 13.9. The van der Waals surface area contributed by atoms with E-state index in [9.17, 15) is 0 Å². The highest BCUT2D eigenvalue weighted by Crippen LogP contribution is 2.69. The molecule has 0 amide bonds. The maximum absolute atomic E-state index is 2.53. The molecule has 1 heteroatoms. The van der Waals surface area contributed by atoms with E-state index in [0.29, 0.717) is 0 Å². The molecule has 0 atom stereocenters. The van der Waals surface area contributed by atoms with Crippen LogP contribution >= 0.6 is 0 Å². The van der Waals surface area contributed by atoms with E-state index in [1.807, 2.05) is 0 Å². The molecule has 0 N–H and O–H groups in total. The number of anilines is 3. The fourth-order valence-corrected chi connectivity index (χ4v) is 9.96. The van der Waals surface area contributed by atoms with Gasteiger partial charge in [-0.1, -0.05) is 176 Å². The third-order valence-electron chi connectivity index (χ3n) is 11.7. The Morgan fingerprint density at radius 2 is 0.569 bits per heavy atom. The Labute approximate surface area is 298 Å². The molecule has 0 bridgehead atoms. The van der Waals surface area contributed by atoms with E-state index in [1.165, 1.54) is 78.1 Å². The maximum atomic E-state index is 2.53. The van der Waals surface area contributed by atoms with Crippen LogP contribution in [0.15, 0.2) is 200 Å². The van der Waals surface area contributed by atoms with Crippen LogP contribution in [0.1, 0.15) is 44.5 Å². The van der Waals surface area contributed by atoms with Crippen LogP contribution in [0.5, 0.6) is 0 Å². The average Bonchev–Trinajstić information content (AvgIpc) is 3.64. The van der Waals surface area contributed by atoms with Crippen molar-refractivity contribution in [1.82, 2.24) is 0 Å². The van der Waals surface area contributed by atoms with Crippen molar-refractivity contribution in [3.05, 3.63) is 245 Å². The molecule has 0 fully saturated rings. The Morgan fingerprint density at radius 1 is 0.255 bits per heavy atom. The monoisotopic (exact) mass is 647 g/mol. The van der Waals surface area contributed by atoms with Crippen LogP contribution in [0.4, 0.5) is 17.1 Å². The average molecular weight is 648 g/mol. The summed E-state index contributed by atoms with van der Waals surface area (Å²) in [6, 6.07) is 74.6. The van der Waals surface area contributed by atoms with Gasteiger partial charge in [0.1, 0.15) is 0 Å². The van der Waals surface area contributed by atoms with E-state index >= 15 is 0 Å². The molecule has 0 saturated heterocycles. The number of hydrogen-bond donors (Lipinski definition) is 0. The Hall–Kier alpha value is -6.44. The number of hydrogen-bond acceptors (Lipinski definition) is 1. The fraction of sp³-hybridized carbons (Fsp3) is 0.0400. The van der Waals surface area contributed by atoms with Crippen molar-refractivity contribution in [3.8, 4) is 22.3 Å². The van der Waals surface area contributed by atoms with E-state index in [-0.39, 0.29) is 0 Å². The minimum Gasteiger partial charge on any atom is -0.309 e. The first-order chi connectivity index (χ1) is 25.3. The summed E-state index contributed by atoms with van der Waals surface area (Å²) in [6.07, 6.45) is 0. The highest BCUT2D eigenvalue weighted by Gasteiger charge is 2.55. The second-order valence-corrected chi connectivity index (χ2v) is 13.9. The Morgan fingerprint density at radius 3 is 0.922 bits per heavy atom. The third kappa shape index (κ3) is 3.50. The predicted octanol–water partition coefficient (Wildman–Crippen LogP) is 12.2. The fourth-order valence-electron chi connectivity index (χ4n) is 9.96. The summed E-state index contributed by atoms with van der Waals surface area (Å²) in [5, 5.41) is 0. The molecule has 0 unspecified atom stereocenters. The van der Waals surface area contributed by atoms with Crippen LogP contribution in [0, 0.1) is 0 Å². The first-order valence-corrected chi connectivity index (χ1v) is 17.9. The third-order valence-corrected chi connectivity index (χ3v) is 11.7. The molecule has 0 saturated carbocycles. The molecule has 1 nitrogen and oxygen atoms in total. The number of benzene rings is 8. The number of rotatable bonds is 5. The van der Waals surface area contributed by atoms with Gasteiger partial charge in [0.15, 0.2) is 0 Å². The van der Waals surface area contributed by atoms with Crippen molar-refractivity contribution < 1.29 is 0 Å². The van der Waals surface area contributed by atoms with E-state index in [0.717, 1.165) is 5.69 Å². The van der Waals surface area contributed by atoms with Crippen LogP contribution in [0.2, 0.25) is 0 Å². The second kappa shape index (κ2) is 10.5. The maximum Gasteiger partial charge on any atom is 0.0714 e. The van der Waals surface area contributed by atoms with E-state index < -0.39 is 10.8 Å². The van der Waals surface area contributed by atoms with Crippen molar-refractivity contribution in [1.29, 1.82) is 0 Å². The van der Waals surface area contributed by atoms with E-state index in [4.69, 9.17) is 0 Å². The molecular formula is C50H33N. The summed E-state index contributed by atoms with van der Waals surface area (Å²) in [6.45, 7) is 0. The summed E-state index contributed by atoms with van der Waals surface area (Å²) in [4.78, 5) is 2.53. The van der Waals surface area contributed by atoms with Gasteiger partial charge in [0.2, 0.25) is 0 Å². The molecule has 11 rings (SSSR count). The molecule has 8 aromatic carbocycles. The van der Waals surface area contributed by atoms with Crippen molar-refractivity contribution in [3.63, 3.8) is 0 Å². The van der Waals surface area contributed by atoms with Crippen LogP contribution < -0.4 is 4.90 Å². The van der Waals surface area contributed by atoms with Crippen LogP contribution in [-0.2, 0) is 10.8 Å². The number of nitrogens with zero attached hydrogens (tertiary/aromatic N) is 1. The quantitative estimate of drug-likeness (QED) is 0.180. The van der Waals surface area contributed by atoms with Crippen LogP contribution in [0.3, 0.4) is 0 Å². The zero-order valence-electron chi connectivity index (χ0n) is 28.0. The highest BCUT2D eigenvalue weighted by atomic mass is 15.2. The van der Waals surface area contributed by atoms with Gasteiger partial charge in [0.05, 0.1) is 22.2 Å². The Balaban J connectivity index is 1.39. The van der Waals surface area contributed by atoms with Gasteiger partial charge < -0.3 is 4.90 Å². The first-order valence-electron chi connectivity index (χ1n) is 17.9. The van der Waals surface area contributed by atoms with Gasteiger partial charge in [-0.3, -0.25) is 0 Å². The summed E-state index contributed by atoms with van der Waals surface area (Å²) < 4.78 is 0. The van der Waals surface area contributed by atoms with Crippen LogP contribution in [0.25, 0.3) is 22.3 Å². The highest BCUT2D eigenvalue weighted by molar-refractivity contribution is 6.12. The lowest BCUT2D eigenvalue weighted by molar-refractivity contribution is 0.757. The summed E-state index contributed by atoms with van der Waals surface area (Å²) >= 11 is 0. The molecule has 3 aliphatic rings. The lowest BCUT2D eigenvalue weighted by atomic mass is 9.66. The molecule has 1 aliphatic heterocycles. The molecule has 238 valence electrons. The molecule has 0 radical (unpaired) electrons. The summed E-state index contributed by atoms with van der Waals surface area (Å²) in [5.74, 6) is 0. The largest absolute Gasteiger partial charge is 0.309 e. The Kier molecular flexibility index (Phi) is 5.86. The van der Waals surface area contributed by atoms with Gasteiger partial charge in [0.25, 0.3) is 0 Å². The molecule has 0 spiro atoms. The summed E-state index contributed by atoms with van der Waals surface area (Å²) in [5.41, 5.74) is 18.4. The lowest BCUT2D eigenvalue weighted by Crippen LogP contribution is -2.30. The normalized spacial score (nSPS) is 14.9. The molecule has 2 aliphatic carbocycles. The minimum atomic E-state index is -0.502. The van der Waals surface area contributed by atoms with Gasteiger partial charge in [-0.05, 0) is 79.9 Å². The first kappa shape index (κ1) is 28.4. The Bertz CT molecular complexity index is 2360. The van der Waals surface area contributed by atoms with Gasteiger partial charge in [-0.25, -0.2) is 0 Å². The summed E-state index contributed by atoms with van der Waals surface area (Å²) in [7, 11) is 0. The minimum absolute atomic E-state index is 0.502. The molecule has 8 aromatic rings. The van der Waals surface area contributed by atoms with Gasteiger partial charge in [0, 0.05) is 16.8 Å². The molecule has 1 heterocycles. The zero-order valence-corrected chi connectivity index (χ0v) is 28.0. The predicted molar refractivity (Wildman–Crippen MR) is 209 cm³/mol. The van der Waals surface area contributed by atoms with Crippen molar-refractivity contribution in [2.75, 3.05) is 4.90 Å². The van der Waals surface area contributed by atoms with E-state index in [2.05, 4.69) is 205 Å². The van der Waals surface area contributed by atoms with Gasteiger partial charge in [-0.15, -0.1) is 0 Å². The van der Waals surface area contributed by atoms with Crippen molar-refractivity contribution in [2.24, 2.45) is 0 Å². The van der Waals surface area contributed by atoms with E-state index in [1.54, 1.807) is 0 Å². The standard InChI is InChI=1S/C50H33N/c1-6-18-34(19-7-1)49(35-20-8-2-9-21-35)39-28-16-30-43-45(39)47-41(49)32-33-42-48(47)46-40(29-17-31-44(46)51(43)38-26-14-5-15-27-38)50(42,36-22-10-3-11-23-36)37-24-12-4-13-25-37/h1-33H. The SMILES string of the molecule is c1ccc(N2c3cccc4c3-c3c(ccc5c3-c3c2cccc3C5(c2ccccc2)c2ccccc2)C4(c2ccccc2)c2ccccc2)cc1. The zero-order chi connectivity index (χ0) is 33.6. The molecule has 51 heavy (non-hydrogen) atoms. The number of para-hydroxylation sites is 1. The van der Waals surface area contributed by atoms with Gasteiger partial charge in [-0.2, -0.15) is 0 Å². The lowest BCUT2D eigenvalue weighted by Gasteiger charge is -2.35. The van der Waals surface area contributed by atoms with Gasteiger partial charge >= 0.3 is 0 Å². The van der Waals surface area contributed by atoms with Crippen molar-refractivity contribution in [2.45, 2.75) is 10.8 Å². The van der Waals surface area contributed by atoms with Crippen LogP contribution in [-0.4, -0.2) is 0 Å². The smallest absolute Gasteiger partial charge is 0.0714 e. The molecule has 0 aromatic heterocycles. The van der Waals surface area contributed by atoms with Crippen molar-refractivity contribution >= 4 is 17.1 Å². The topological polar surface area (TPSA) is 3.24 Å². The molecular weight excluding hydrogens is 615 g/mol.